The van der Waals surface area contributed by atoms with Crippen LogP contribution in [0.4, 0.5) is 8.78 Å². The predicted molar refractivity (Wildman–Crippen MR) is 172 cm³/mol. The molecule has 5 heteroatoms. The summed E-state index contributed by atoms with van der Waals surface area (Å²) in [4.78, 5) is 13.8. The Kier molecular flexibility index (Phi) is 9.74. The maximum absolute atomic E-state index is 13.9. The molecule has 1 fully saturated rings. The zero-order valence-corrected chi connectivity index (χ0v) is 25.5. The number of hydrogen-bond donors (Lipinski definition) is 0. The second-order valence-electron chi connectivity index (χ2n) is 12.0. The van der Waals surface area contributed by atoms with Gasteiger partial charge in [0.2, 0.25) is 0 Å². The van der Waals surface area contributed by atoms with Crippen LogP contribution >= 0.6 is 0 Å². The highest BCUT2D eigenvalue weighted by Gasteiger charge is 2.36. The van der Waals surface area contributed by atoms with Crippen molar-refractivity contribution in [3.05, 3.63) is 142 Å². The third-order valence-electron chi connectivity index (χ3n) is 8.68. The minimum Gasteiger partial charge on any atom is -0.489 e. The van der Waals surface area contributed by atoms with E-state index in [4.69, 9.17) is 9.47 Å². The Bertz CT molecular complexity index is 1530. The summed E-state index contributed by atoms with van der Waals surface area (Å²) in [5.74, 6) is 1.07. The standard InChI is InChI=1S/C39H38F2O3/c1-4-39(2,3)33-23-31(21-27-13-17-34(18-14-27)43-25-29-9-5-7-11-36(29)40)38(42)32(24-33)22-28-15-19-35(20-16-28)44-26-30-10-6-8-12-37(30)41/h5-22,33H,4,23-26H2,1-3H3/b31-21+,32-22+. The van der Waals surface area contributed by atoms with Crippen LogP contribution in [0, 0.1) is 23.0 Å². The molecule has 4 aromatic carbocycles. The minimum absolute atomic E-state index is 0.0629. The lowest BCUT2D eigenvalue weighted by Gasteiger charge is -2.37. The molecule has 0 spiro atoms. The molecule has 5 rings (SSSR count). The number of ketones is 1. The maximum atomic E-state index is 13.9. The number of benzene rings is 4. The lowest BCUT2D eigenvalue weighted by Crippen LogP contribution is -2.30. The minimum atomic E-state index is -0.290. The third kappa shape index (κ3) is 7.71. The summed E-state index contributed by atoms with van der Waals surface area (Å²) in [5.41, 5.74) is 4.47. The molecule has 0 radical (unpaired) electrons. The summed E-state index contributed by atoms with van der Waals surface area (Å²) in [7, 11) is 0. The Balaban J connectivity index is 1.32. The molecule has 0 aliphatic heterocycles. The number of hydrogen-bond acceptors (Lipinski definition) is 3. The van der Waals surface area contributed by atoms with Gasteiger partial charge < -0.3 is 9.47 Å². The second kappa shape index (κ2) is 13.9. The average Bonchev–Trinajstić information content (AvgIpc) is 3.03. The highest BCUT2D eigenvalue weighted by molar-refractivity contribution is 6.14. The predicted octanol–water partition coefficient (Wildman–Crippen LogP) is 10.0. The number of carbonyl (C=O) groups excluding carboxylic acids is 1. The van der Waals surface area contributed by atoms with E-state index in [2.05, 4.69) is 20.8 Å². The fourth-order valence-electron chi connectivity index (χ4n) is 5.36. The van der Waals surface area contributed by atoms with Gasteiger partial charge in [0.15, 0.2) is 5.78 Å². The van der Waals surface area contributed by atoms with Crippen LogP contribution in [0.3, 0.4) is 0 Å². The van der Waals surface area contributed by atoms with E-state index < -0.39 is 0 Å². The lowest BCUT2D eigenvalue weighted by atomic mass is 9.66. The van der Waals surface area contributed by atoms with Gasteiger partial charge in [-0.2, -0.15) is 0 Å². The summed E-state index contributed by atoms with van der Waals surface area (Å²) >= 11 is 0. The summed E-state index contributed by atoms with van der Waals surface area (Å²) in [5, 5.41) is 0. The average molecular weight is 593 g/mol. The number of carbonyl (C=O) groups is 1. The first-order chi connectivity index (χ1) is 21.2. The van der Waals surface area contributed by atoms with Crippen molar-refractivity contribution in [2.45, 2.75) is 53.2 Å². The van der Waals surface area contributed by atoms with Gasteiger partial charge in [0.05, 0.1) is 0 Å². The first-order valence-corrected chi connectivity index (χ1v) is 15.1. The molecule has 1 aliphatic carbocycles. The van der Waals surface area contributed by atoms with Gasteiger partial charge in [-0.15, -0.1) is 0 Å². The van der Waals surface area contributed by atoms with Gasteiger partial charge in [0.1, 0.15) is 36.3 Å². The van der Waals surface area contributed by atoms with Gasteiger partial charge in [0, 0.05) is 22.3 Å². The van der Waals surface area contributed by atoms with Crippen molar-refractivity contribution in [2.75, 3.05) is 0 Å². The molecule has 4 aromatic rings. The molecule has 226 valence electrons. The molecule has 0 heterocycles. The van der Waals surface area contributed by atoms with Crippen molar-refractivity contribution in [3.63, 3.8) is 0 Å². The zero-order valence-electron chi connectivity index (χ0n) is 25.5. The Morgan fingerprint density at radius 1 is 0.682 bits per heavy atom. The monoisotopic (exact) mass is 592 g/mol. The Morgan fingerprint density at radius 3 is 1.48 bits per heavy atom. The van der Waals surface area contributed by atoms with Crippen LogP contribution < -0.4 is 9.47 Å². The van der Waals surface area contributed by atoms with Crippen LogP contribution in [0.5, 0.6) is 11.5 Å². The molecule has 0 N–H and O–H groups in total. The second-order valence-corrected chi connectivity index (χ2v) is 12.0. The Hall–Kier alpha value is -4.51. The zero-order chi connectivity index (χ0) is 31.1. The van der Waals surface area contributed by atoms with Gasteiger partial charge >= 0.3 is 0 Å². The van der Waals surface area contributed by atoms with Gasteiger partial charge in [-0.05, 0) is 83.9 Å². The lowest BCUT2D eigenvalue weighted by molar-refractivity contribution is -0.113. The third-order valence-corrected chi connectivity index (χ3v) is 8.68. The molecular weight excluding hydrogens is 554 g/mol. The normalized spacial score (nSPS) is 17.2. The van der Waals surface area contributed by atoms with E-state index in [9.17, 15) is 13.6 Å². The van der Waals surface area contributed by atoms with Crippen LogP contribution in [0.15, 0.2) is 108 Å². The molecule has 44 heavy (non-hydrogen) atoms. The van der Waals surface area contributed by atoms with Gasteiger partial charge in [-0.25, -0.2) is 8.78 Å². The summed E-state index contributed by atoms with van der Waals surface area (Å²) in [6, 6.07) is 28.2. The maximum Gasteiger partial charge on any atom is 0.185 e. The van der Waals surface area contributed by atoms with Gasteiger partial charge in [-0.1, -0.05) is 87.9 Å². The molecule has 0 unspecified atom stereocenters. The molecular formula is C39H38F2O3. The molecule has 0 bridgehead atoms. The molecule has 3 nitrogen and oxygen atoms in total. The Morgan fingerprint density at radius 2 is 1.09 bits per heavy atom. The van der Waals surface area contributed by atoms with Crippen LogP contribution in [-0.4, -0.2) is 5.78 Å². The summed E-state index contributed by atoms with van der Waals surface area (Å²) in [6.07, 6.45) is 6.40. The molecule has 0 atom stereocenters. The van der Waals surface area contributed by atoms with E-state index in [0.717, 1.165) is 28.7 Å². The topological polar surface area (TPSA) is 35.5 Å². The quantitative estimate of drug-likeness (QED) is 0.172. The molecule has 0 aromatic heterocycles. The van der Waals surface area contributed by atoms with Crippen LogP contribution in [-0.2, 0) is 18.0 Å². The van der Waals surface area contributed by atoms with Crippen LogP contribution in [0.1, 0.15) is 62.3 Å². The van der Waals surface area contributed by atoms with E-state index in [1.165, 1.54) is 12.1 Å². The number of allylic oxidation sites excluding steroid dienone is 2. The van der Waals surface area contributed by atoms with Crippen molar-refractivity contribution >= 4 is 17.9 Å². The number of halogens is 2. The summed E-state index contributed by atoms with van der Waals surface area (Å²) < 4.78 is 39.5. The first kappa shape index (κ1) is 30.9. The van der Waals surface area contributed by atoms with Gasteiger partial charge in [0.25, 0.3) is 0 Å². The number of rotatable bonds is 10. The SMILES string of the molecule is CCC(C)(C)C1C/C(=C\c2ccc(OCc3ccccc3F)cc2)C(=O)/C(=C/c2ccc(OCc3ccccc3F)cc2)C1. The Labute approximate surface area is 258 Å². The van der Waals surface area contributed by atoms with Crippen molar-refractivity contribution in [3.8, 4) is 11.5 Å². The van der Waals surface area contributed by atoms with Crippen molar-refractivity contribution in [2.24, 2.45) is 11.3 Å². The van der Waals surface area contributed by atoms with Gasteiger partial charge in [-0.3, -0.25) is 4.79 Å². The largest absolute Gasteiger partial charge is 0.489 e. The summed E-state index contributed by atoms with van der Waals surface area (Å²) in [6.45, 7) is 7.03. The van der Waals surface area contributed by atoms with E-state index in [1.807, 2.05) is 60.7 Å². The van der Waals surface area contributed by atoms with Crippen molar-refractivity contribution < 1.29 is 23.0 Å². The molecule has 1 saturated carbocycles. The van der Waals surface area contributed by atoms with Crippen LogP contribution in [0.25, 0.3) is 12.2 Å². The van der Waals surface area contributed by atoms with E-state index >= 15 is 0 Å². The highest BCUT2D eigenvalue weighted by Crippen LogP contribution is 2.44. The highest BCUT2D eigenvalue weighted by atomic mass is 19.1. The molecule has 0 saturated heterocycles. The molecule has 1 aliphatic rings. The van der Waals surface area contributed by atoms with Crippen molar-refractivity contribution in [1.82, 2.24) is 0 Å². The fourth-order valence-corrected chi connectivity index (χ4v) is 5.36. The number of ether oxygens (including phenoxy) is 2. The number of Topliss-reactive ketones (excluding diaryl/α,β-unsaturated/α-hetero) is 1. The van der Waals surface area contributed by atoms with E-state index in [1.54, 1.807) is 36.4 Å². The van der Waals surface area contributed by atoms with E-state index in [0.29, 0.717) is 41.4 Å². The molecule has 0 amide bonds. The smallest absolute Gasteiger partial charge is 0.185 e. The van der Waals surface area contributed by atoms with Crippen molar-refractivity contribution in [1.29, 1.82) is 0 Å². The van der Waals surface area contributed by atoms with E-state index in [-0.39, 0.29) is 36.0 Å². The van der Waals surface area contributed by atoms with Crippen LogP contribution in [0.2, 0.25) is 0 Å². The first-order valence-electron chi connectivity index (χ1n) is 15.1. The fraction of sp³-hybridized carbons (Fsp3) is 0.256.